The molecule has 2 aromatic carbocycles. The van der Waals surface area contributed by atoms with Crippen LogP contribution in [-0.2, 0) is 0 Å². The maximum Gasteiger partial charge on any atom is 0.131 e. The third-order valence-electron chi connectivity index (χ3n) is 2.92. The molecule has 0 radical (unpaired) electrons. The van der Waals surface area contributed by atoms with E-state index in [-0.39, 0.29) is 11.1 Å². The largest absolute Gasteiger partial charge is 0.320 e. The monoisotopic (exact) mass is 269 g/mol. The number of aryl methyl sites for hydroxylation is 1. The standard InChI is InChI=1S/C14H11F4N/c1-7-5-8(12(18)6-11(7)17)14(19)13-9(15)3-2-4-10(13)16/h2-6,14H,19H2,1H3. The average molecular weight is 269 g/mol. The SMILES string of the molecule is Cc1cc(C(N)c2c(F)cccc2F)c(F)cc1F. The molecule has 0 aromatic heterocycles. The van der Waals surface area contributed by atoms with Crippen LogP contribution in [0.1, 0.15) is 22.7 Å². The molecule has 0 saturated carbocycles. The Hall–Kier alpha value is -1.88. The molecule has 0 aliphatic carbocycles. The van der Waals surface area contributed by atoms with Crippen LogP contribution in [0.25, 0.3) is 0 Å². The second kappa shape index (κ2) is 5.01. The predicted molar refractivity (Wildman–Crippen MR) is 63.5 cm³/mol. The van der Waals surface area contributed by atoms with Crippen molar-refractivity contribution in [2.45, 2.75) is 13.0 Å². The van der Waals surface area contributed by atoms with E-state index in [4.69, 9.17) is 5.73 Å². The Balaban J connectivity index is 2.56. The Kier molecular flexibility index (Phi) is 3.57. The van der Waals surface area contributed by atoms with Crippen molar-refractivity contribution >= 4 is 0 Å². The summed E-state index contributed by atoms with van der Waals surface area (Å²) in [7, 11) is 0. The maximum atomic E-state index is 13.7. The fourth-order valence-corrected chi connectivity index (χ4v) is 1.88. The number of halogens is 4. The lowest BCUT2D eigenvalue weighted by Crippen LogP contribution is -2.17. The quantitative estimate of drug-likeness (QED) is 0.828. The molecular formula is C14H11F4N. The zero-order valence-electron chi connectivity index (χ0n) is 10.1. The number of hydrogen-bond acceptors (Lipinski definition) is 1. The van der Waals surface area contributed by atoms with Gasteiger partial charge in [0, 0.05) is 17.2 Å². The fourth-order valence-electron chi connectivity index (χ4n) is 1.88. The summed E-state index contributed by atoms with van der Waals surface area (Å²) in [6.07, 6.45) is 0. The summed E-state index contributed by atoms with van der Waals surface area (Å²) in [6, 6.07) is 3.73. The van der Waals surface area contributed by atoms with Crippen LogP contribution in [-0.4, -0.2) is 0 Å². The lowest BCUT2D eigenvalue weighted by atomic mass is 9.96. The van der Waals surface area contributed by atoms with Gasteiger partial charge >= 0.3 is 0 Å². The third-order valence-corrected chi connectivity index (χ3v) is 2.92. The van der Waals surface area contributed by atoms with Crippen LogP contribution in [0.5, 0.6) is 0 Å². The predicted octanol–water partition coefficient (Wildman–Crippen LogP) is 3.60. The molecule has 1 nitrogen and oxygen atoms in total. The minimum Gasteiger partial charge on any atom is -0.320 e. The van der Waals surface area contributed by atoms with Gasteiger partial charge in [0.1, 0.15) is 23.3 Å². The second-order valence-electron chi connectivity index (χ2n) is 4.24. The number of hydrogen-bond donors (Lipinski definition) is 1. The van der Waals surface area contributed by atoms with E-state index in [1.54, 1.807) is 0 Å². The zero-order chi connectivity index (χ0) is 14.2. The van der Waals surface area contributed by atoms with E-state index < -0.39 is 34.9 Å². The Morgan fingerprint density at radius 2 is 1.47 bits per heavy atom. The van der Waals surface area contributed by atoms with Crippen LogP contribution in [0.15, 0.2) is 30.3 Å². The fraction of sp³-hybridized carbons (Fsp3) is 0.143. The van der Waals surface area contributed by atoms with Crippen molar-refractivity contribution in [3.63, 3.8) is 0 Å². The van der Waals surface area contributed by atoms with E-state index in [9.17, 15) is 17.6 Å². The van der Waals surface area contributed by atoms with E-state index in [2.05, 4.69) is 0 Å². The van der Waals surface area contributed by atoms with Crippen LogP contribution in [0.2, 0.25) is 0 Å². The van der Waals surface area contributed by atoms with Gasteiger partial charge in [0.15, 0.2) is 0 Å². The topological polar surface area (TPSA) is 26.0 Å². The third kappa shape index (κ3) is 2.46. The molecule has 0 amide bonds. The van der Waals surface area contributed by atoms with E-state index in [0.29, 0.717) is 6.07 Å². The molecule has 19 heavy (non-hydrogen) atoms. The van der Waals surface area contributed by atoms with Gasteiger partial charge in [-0.15, -0.1) is 0 Å². The highest BCUT2D eigenvalue weighted by Gasteiger charge is 2.22. The summed E-state index contributed by atoms with van der Waals surface area (Å²) in [5.74, 6) is -3.40. The van der Waals surface area contributed by atoms with Gasteiger partial charge in [-0.3, -0.25) is 0 Å². The summed E-state index contributed by atoms with van der Waals surface area (Å²) in [5.41, 5.74) is 5.26. The molecule has 100 valence electrons. The van der Waals surface area contributed by atoms with Crippen LogP contribution >= 0.6 is 0 Å². The van der Waals surface area contributed by atoms with Gasteiger partial charge in [0.2, 0.25) is 0 Å². The molecule has 2 N–H and O–H groups in total. The molecule has 0 bridgehead atoms. The highest BCUT2D eigenvalue weighted by molar-refractivity contribution is 5.36. The van der Waals surface area contributed by atoms with Gasteiger partial charge in [-0.1, -0.05) is 6.07 Å². The molecule has 0 aliphatic heterocycles. The van der Waals surface area contributed by atoms with Crippen LogP contribution in [0.4, 0.5) is 17.6 Å². The van der Waals surface area contributed by atoms with Crippen molar-refractivity contribution in [1.29, 1.82) is 0 Å². The summed E-state index contributed by atoms with van der Waals surface area (Å²) in [6.45, 7) is 1.42. The molecular weight excluding hydrogens is 258 g/mol. The molecule has 1 atom stereocenters. The minimum atomic E-state index is -1.33. The average Bonchev–Trinajstić information content (AvgIpc) is 2.33. The first-order chi connectivity index (χ1) is 8.91. The van der Waals surface area contributed by atoms with Crippen molar-refractivity contribution in [1.82, 2.24) is 0 Å². The Morgan fingerprint density at radius 3 is 2.05 bits per heavy atom. The summed E-state index contributed by atoms with van der Waals surface area (Å²) in [4.78, 5) is 0. The molecule has 5 heteroatoms. The lowest BCUT2D eigenvalue weighted by molar-refractivity contribution is 0.527. The number of nitrogens with two attached hydrogens (primary N) is 1. The summed E-state index contributed by atoms with van der Waals surface area (Å²) >= 11 is 0. The van der Waals surface area contributed by atoms with Crippen molar-refractivity contribution in [3.05, 3.63) is 70.3 Å². The first-order valence-electron chi connectivity index (χ1n) is 5.57. The van der Waals surface area contributed by atoms with Gasteiger partial charge < -0.3 is 5.73 Å². The van der Waals surface area contributed by atoms with Crippen molar-refractivity contribution in [2.75, 3.05) is 0 Å². The van der Waals surface area contributed by atoms with Crippen LogP contribution in [0.3, 0.4) is 0 Å². The normalized spacial score (nSPS) is 12.5. The Labute approximate surface area is 107 Å². The van der Waals surface area contributed by atoms with E-state index >= 15 is 0 Å². The van der Waals surface area contributed by atoms with Gasteiger partial charge in [-0.2, -0.15) is 0 Å². The van der Waals surface area contributed by atoms with Gasteiger partial charge in [-0.25, -0.2) is 17.6 Å². The molecule has 0 fully saturated rings. The molecule has 0 heterocycles. The van der Waals surface area contributed by atoms with Gasteiger partial charge in [0.05, 0.1) is 6.04 Å². The Bertz CT molecular complexity index is 605. The van der Waals surface area contributed by atoms with Crippen LogP contribution in [0, 0.1) is 30.2 Å². The number of rotatable bonds is 2. The molecule has 2 rings (SSSR count). The highest BCUT2D eigenvalue weighted by atomic mass is 19.1. The molecule has 2 aromatic rings. The summed E-state index contributed by atoms with van der Waals surface area (Å²) in [5, 5.41) is 0. The maximum absolute atomic E-state index is 13.7. The van der Waals surface area contributed by atoms with E-state index in [1.807, 2.05) is 0 Å². The van der Waals surface area contributed by atoms with E-state index in [0.717, 1.165) is 18.2 Å². The second-order valence-corrected chi connectivity index (χ2v) is 4.24. The first-order valence-corrected chi connectivity index (χ1v) is 5.57. The van der Waals surface area contributed by atoms with Crippen LogP contribution < -0.4 is 5.73 Å². The number of benzene rings is 2. The van der Waals surface area contributed by atoms with E-state index in [1.165, 1.54) is 13.0 Å². The van der Waals surface area contributed by atoms with Gasteiger partial charge in [0.25, 0.3) is 0 Å². The van der Waals surface area contributed by atoms with Gasteiger partial charge in [-0.05, 0) is 30.7 Å². The minimum absolute atomic E-state index is 0.150. The summed E-state index contributed by atoms with van der Waals surface area (Å²) < 4.78 is 54.0. The van der Waals surface area contributed by atoms with Crippen molar-refractivity contribution in [3.8, 4) is 0 Å². The molecule has 0 aliphatic rings. The van der Waals surface area contributed by atoms with Crippen molar-refractivity contribution < 1.29 is 17.6 Å². The first kappa shape index (κ1) is 13.5. The smallest absolute Gasteiger partial charge is 0.131 e. The lowest BCUT2D eigenvalue weighted by Gasteiger charge is -2.16. The molecule has 1 unspecified atom stereocenters. The highest BCUT2D eigenvalue weighted by Crippen LogP contribution is 2.28. The molecule has 0 saturated heterocycles. The van der Waals surface area contributed by atoms with Crippen molar-refractivity contribution in [2.24, 2.45) is 5.73 Å². The Morgan fingerprint density at radius 1 is 0.895 bits per heavy atom. The zero-order valence-corrected chi connectivity index (χ0v) is 10.1. The molecule has 0 spiro atoms.